The molecule has 0 aliphatic rings. The minimum absolute atomic E-state index is 0.127. The second-order valence-corrected chi connectivity index (χ2v) is 4.24. The first kappa shape index (κ1) is 10.5. The van der Waals surface area contributed by atoms with Gasteiger partial charge in [-0.15, -0.1) is 0 Å². The predicted octanol–water partition coefficient (Wildman–Crippen LogP) is 2.19. The molecule has 2 aromatic rings. The Bertz CT molecular complexity index is 488. The lowest BCUT2D eigenvalue weighted by atomic mass is 10.1. The molecular formula is C11H14ClN3. The minimum atomic E-state index is 0.127. The lowest BCUT2D eigenvalue weighted by Gasteiger charge is -2.07. The molecule has 0 aliphatic carbocycles. The number of imidazole rings is 1. The average Bonchev–Trinajstić information content (AvgIpc) is 2.43. The minimum Gasteiger partial charge on any atom is -0.328 e. The summed E-state index contributed by atoms with van der Waals surface area (Å²) in [4.78, 5) is 4.25. The molecule has 1 atom stereocenters. The first-order chi connectivity index (χ1) is 7.09. The zero-order valence-electron chi connectivity index (χ0n) is 8.87. The van der Waals surface area contributed by atoms with Crippen LogP contribution in [0.5, 0.6) is 0 Å². The molecule has 0 saturated heterocycles. The smallest absolute Gasteiger partial charge is 0.155 e. The first-order valence-electron chi connectivity index (χ1n) is 4.97. The SMILES string of the molecule is Cc1nc(Cl)c2c(CC(C)N)cccn12. The van der Waals surface area contributed by atoms with E-state index in [2.05, 4.69) is 4.98 Å². The Morgan fingerprint density at radius 3 is 3.00 bits per heavy atom. The number of nitrogens with zero attached hydrogens (tertiary/aromatic N) is 2. The molecule has 0 fully saturated rings. The van der Waals surface area contributed by atoms with Crippen LogP contribution in [0.25, 0.3) is 5.52 Å². The number of pyridine rings is 1. The Balaban J connectivity index is 2.64. The van der Waals surface area contributed by atoms with Crippen molar-refractivity contribution in [2.75, 3.05) is 0 Å². The van der Waals surface area contributed by atoms with Crippen molar-refractivity contribution in [2.24, 2.45) is 5.73 Å². The van der Waals surface area contributed by atoms with Crippen molar-refractivity contribution >= 4 is 17.1 Å². The molecule has 0 aliphatic heterocycles. The molecule has 80 valence electrons. The van der Waals surface area contributed by atoms with Gasteiger partial charge in [0.05, 0.1) is 5.52 Å². The van der Waals surface area contributed by atoms with Crippen LogP contribution in [-0.2, 0) is 6.42 Å². The molecule has 3 nitrogen and oxygen atoms in total. The monoisotopic (exact) mass is 223 g/mol. The summed E-state index contributed by atoms with van der Waals surface area (Å²) in [7, 11) is 0. The van der Waals surface area contributed by atoms with Crippen LogP contribution in [0.3, 0.4) is 0 Å². The van der Waals surface area contributed by atoms with Crippen molar-refractivity contribution in [2.45, 2.75) is 26.3 Å². The zero-order chi connectivity index (χ0) is 11.0. The van der Waals surface area contributed by atoms with Crippen LogP contribution < -0.4 is 5.73 Å². The number of hydrogen-bond acceptors (Lipinski definition) is 2. The third-order valence-corrected chi connectivity index (χ3v) is 2.69. The third-order valence-electron chi connectivity index (χ3n) is 2.42. The molecule has 2 heterocycles. The van der Waals surface area contributed by atoms with E-state index in [0.29, 0.717) is 5.15 Å². The molecule has 0 aromatic carbocycles. The van der Waals surface area contributed by atoms with Crippen LogP contribution in [0.2, 0.25) is 5.15 Å². The van der Waals surface area contributed by atoms with Gasteiger partial charge in [0.15, 0.2) is 5.15 Å². The number of fused-ring (bicyclic) bond motifs is 1. The molecule has 0 amide bonds. The van der Waals surface area contributed by atoms with Gasteiger partial charge in [-0.1, -0.05) is 17.7 Å². The van der Waals surface area contributed by atoms with Gasteiger partial charge in [-0.3, -0.25) is 0 Å². The largest absolute Gasteiger partial charge is 0.328 e. The lowest BCUT2D eigenvalue weighted by Crippen LogP contribution is -2.18. The van der Waals surface area contributed by atoms with Crippen LogP contribution in [0, 0.1) is 6.92 Å². The fraction of sp³-hybridized carbons (Fsp3) is 0.364. The van der Waals surface area contributed by atoms with Crippen molar-refractivity contribution in [3.8, 4) is 0 Å². The highest BCUT2D eigenvalue weighted by Crippen LogP contribution is 2.22. The van der Waals surface area contributed by atoms with Crippen molar-refractivity contribution in [3.05, 3.63) is 34.9 Å². The van der Waals surface area contributed by atoms with E-state index >= 15 is 0 Å². The van der Waals surface area contributed by atoms with Crippen LogP contribution in [-0.4, -0.2) is 15.4 Å². The van der Waals surface area contributed by atoms with Crippen LogP contribution in [0.4, 0.5) is 0 Å². The van der Waals surface area contributed by atoms with E-state index in [9.17, 15) is 0 Å². The zero-order valence-corrected chi connectivity index (χ0v) is 9.62. The molecule has 1 unspecified atom stereocenters. The van der Waals surface area contributed by atoms with Crippen molar-refractivity contribution in [1.82, 2.24) is 9.38 Å². The van der Waals surface area contributed by atoms with E-state index < -0.39 is 0 Å². The van der Waals surface area contributed by atoms with Gasteiger partial charge in [0.2, 0.25) is 0 Å². The van der Waals surface area contributed by atoms with E-state index in [-0.39, 0.29) is 6.04 Å². The van der Waals surface area contributed by atoms with Gasteiger partial charge in [0.25, 0.3) is 0 Å². The first-order valence-corrected chi connectivity index (χ1v) is 5.35. The Labute approximate surface area is 93.9 Å². The summed E-state index contributed by atoms with van der Waals surface area (Å²) < 4.78 is 2.00. The third kappa shape index (κ3) is 1.85. The summed E-state index contributed by atoms with van der Waals surface area (Å²) in [6, 6.07) is 4.17. The maximum atomic E-state index is 6.09. The van der Waals surface area contributed by atoms with Crippen molar-refractivity contribution < 1.29 is 0 Å². The molecule has 2 N–H and O–H groups in total. The normalized spacial score (nSPS) is 13.3. The number of aryl methyl sites for hydroxylation is 1. The van der Waals surface area contributed by atoms with E-state index in [1.165, 1.54) is 0 Å². The molecular weight excluding hydrogens is 210 g/mol. The summed E-state index contributed by atoms with van der Waals surface area (Å²) >= 11 is 6.09. The number of nitrogens with two attached hydrogens (primary N) is 1. The highest BCUT2D eigenvalue weighted by atomic mass is 35.5. The van der Waals surface area contributed by atoms with Crippen LogP contribution in [0.15, 0.2) is 18.3 Å². The van der Waals surface area contributed by atoms with Gasteiger partial charge in [0.1, 0.15) is 5.82 Å². The molecule has 0 saturated carbocycles. The standard InChI is InChI=1S/C11H14ClN3/c1-7(13)6-9-4-3-5-15-8(2)14-11(12)10(9)15/h3-5,7H,6,13H2,1-2H3. The molecule has 0 radical (unpaired) electrons. The predicted molar refractivity (Wildman–Crippen MR) is 62.3 cm³/mol. The van der Waals surface area contributed by atoms with E-state index in [0.717, 1.165) is 23.3 Å². The van der Waals surface area contributed by atoms with Crippen LogP contribution >= 0.6 is 11.6 Å². The maximum absolute atomic E-state index is 6.09. The second-order valence-electron chi connectivity index (χ2n) is 3.88. The number of rotatable bonds is 2. The summed E-state index contributed by atoms with van der Waals surface area (Å²) in [6.07, 6.45) is 2.78. The van der Waals surface area contributed by atoms with Gasteiger partial charge >= 0.3 is 0 Å². The quantitative estimate of drug-likeness (QED) is 0.848. The summed E-state index contributed by atoms with van der Waals surface area (Å²) in [5.74, 6) is 0.904. The topological polar surface area (TPSA) is 43.3 Å². The fourth-order valence-electron chi connectivity index (χ4n) is 1.82. The van der Waals surface area contributed by atoms with Gasteiger partial charge in [-0.2, -0.15) is 0 Å². The Hall–Kier alpha value is -1.06. The molecule has 4 heteroatoms. The molecule has 0 bridgehead atoms. The van der Waals surface area contributed by atoms with Gasteiger partial charge in [0, 0.05) is 12.2 Å². The number of halogens is 1. The average molecular weight is 224 g/mol. The molecule has 15 heavy (non-hydrogen) atoms. The van der Waals surface area contributed by atoms with Gasteiger partial charge in [-0.25, -0.2) is 4.98 Å². The van der Waals surface area contributed by atoms with Gasteiger partial charge in [-0.05, 0) is 31.9 Å². The summed E-state index contributed by atoms with van der Waals surface area (Å²) in [6.45, 7) is 3.93. The highest BCUT2D eigenvalue weighted by Gasteiger charge is 2.10. The Kier molecular flexibility index (Phi) is 2.67. The van der Waals surface area contributed by atoms with E-state index in [1.54, 1.807) is 0 Å². The highest BCUT2D eigenvalue weighted by molar-refractivity contribution is 6.32. The summed E-state index contributed by atoms with van der Waals surface area (Å²) in [5, 5.41) is 0.559. The lowest BCUT2D eigenvalue weighted by molar-refractivity contribution is 0.739. The Morgan fingerprint density at radius 1 is 1.60 bits per heavy atom. The summed E-state index contributed by atoms with van der Waals surface area (Å²) in [5.41, 5.74) is 7.93. The molecule has 2 rings (SSSR count). The van der Waals surface area contributed by atoms with Gasteiger partial charge < -0.3 is 10.1 Å². The fourth-order valence-corrected chi connectivity index (χ4v) is 2.15. The molecule has 0 spiro atoms. The molecule has 2 aromatic heterocycles. The van der Waals surface area contributed by atoms with E-state index in [4.69, 9.17) is 17.3 Å². The van der Waals surface area contributed by atoms with Crippen molar-refractivity contribution in [1.29, 1.82) is 0 Å². The number of hydrogen-bond donors (Lipinski definition) is 1. The van der Waals surface area contributed by atoms with Crippen molar-refractivity contribution in [3.63, 3.8) is 0 Å². The van der Waals surface area contributed by atoms with E-state index in [1.807, 2.05) is 36.6 Å². The number of aromatic nitrogens is 2. The maximum Gasteiger partial charge on any atom is 0.155 e. The van der Waals surface area contributed by atoms with Crippen LogP contribution in [0.1, 0.15) is 18.3 Å². The second kappa shape index (κ2) is 3.83. The Morgan fingerprint density at radius 2 is 2.33 bits per heavy atom.